The van der Waals surface area contributed by atoms with Gasteiger partial charge in [0.05, 0.1) is 18.5 Å². The summed E-state index contributed by atoms with van der Waals surface area (Å²) in [6.07, 6.45) is 0. The summed E-state index contributed by atoms with van der Waals surface area (Å²) in [6.45, 7) is 6.46. The Morgan fingerprint density at radius 1 is 1.00 bits per heavy atom. The van der Waals surface area contributed by atoms with Crippen molar-refractivity contribution in [2.45, 2.75) is 6.92 Å². The molecule has 1 fully saturated rings. The van der Waals surface area contributed by atoms with Crippen molar-refractivity contribution in [3.05, 3.63) is 66.4 Å². The molecule has 0 N–H and O–H groups in total. The zero-order valence-electron chi connectivity index (χ0n) is 16.9. The average Bonchev–Trinajstić information content (AvgIpc) is 3.25. The molecule has 0 aliphatic carbocycles. The van der Waals surface area contributed by atoms with Crippen molar-refractivity contribution in [3.8, 4) is 22.7 Å². The predicted molar refractivity (Wildman–Crippen MR) is 114 cm³/mol. The second-order valence-corrected chi connectivity index (χ2v) is 7.12. The highest BCUT2D eigenvalue weighted by molar-refractivity contribution is 5.94. The first-order chi connectivity index (χ1) is 14.2. The molecule has 0 spiro atoms. The van der Waals surface area contributed by atoms with Crippen LogP contribution in [0.5, 0.6) is 5.75 Å². The summed E-state index contributed by atoms with van der Waals surface area (Å²) in [7, 11) is 1.65. The van der Waals surface area contributed by atoms with Gasteiger partial charge in [-0.25, -0.2) is 4.68 Å². The molecule has 0 unspecified atom stereocenters. The molecule has 1 saturated heterocycles. The highest BCUT2D eigenvalue weighted by atomic mass is 16.5. The summed E-state index contributed by atoms with van der Waals surface area (Å²) >= 11 is 0. The minimum atomic E-state index is 0.0197. The summed E-state index contributed by atoms with van der Waals surface area (Å²) in [5.41, 5.74) is 3.13. The van der Waals surface area contributed by atoms with E-state index in [1.807, 2.05) is 65.6 Å². The molecule has 0 saturated carbocycles. The number of likely N-dealkylation sites (N-methyl/N-ethyl adjacent to an activating group) is 1. The first-order valence-electron chi connectivity index (χ1n) is 10.0. The number of rotatable bonds is 5. The quantitative estimate of drug-likeness (QED) is 0.671. The summed E-state index contributed by atoms with van der Waals surface area (Å²) in [6, 6.07) is 19.4. The van der Waals surface area contributed by atoms with E-state index in [9.17, 15) is 4.79 Å². The zero-order valence-corrected chi connectivity index (χ0v) is 16.9. The summed E-state index contributed by atoms with van der Waals surface area (Å²) in [4.78, 5) is 17.7. The second-order valence-electron chi connectivity index (χ2n) is 7.12. The minimum absolute atomic E-state index is 0.0197. The van der Waals surface area contributed by atoms with Gasteiger partial charge in [0.15, 0.2) is 0 Å². The molecule has 1 aliphatic rings. The largest absolute Gasteiger partial charge is 0.497 e. The summed E-state index contributed by atoms with van der Waals surface area (Å²) in [5.74, 6) is 0.784. The van der Waals surface area contributed by atoms with E-state index < -0.39 is 0 Å². The molecule has 0 atom stereocenters. The van der Waals surface area contributed by atoms with E-state index in [1.165, 1.54) is 0 Å². The Morgan fingerprint density at radius 2 is 1.76 bits per heavy atom. The lowest BCUT2D eigenvalue weighted by atomic mass is 10.1. The van der Waals surface area contributed by atoms with Gasteiger partial charge in [0.1, 0.15) is 11.4 Å². The van der Waals surface area contributed by atoms with E-state index in [-0.39, 0.29) is 5.91 Å². The molecule has 1 aliphatic heterocycles. The van der Waals surface area contributed by atoms with Gasteiger partial charge in [-0.2, -0.15) is 5.10 Å². The molecular weight excluding hydrogens is 364 g/mol. The van der Waals surface area contributed by atoms with Crippen LogP contribution >= 0.6 is 0 Å². The fourth-order valence-electron chi connectivity index (χ4n) is 3.65. The van der Waals surface area contributed by atoms with Gasteiger partial charge in [-0.15, -0.1) is 0 Å². The van der Waals surface area contributed by atoms with E-state index in [2.05, 4.69) is 11.8 Å². The number of carbonyl (C=O) groups is 1. The van der Waals surface area contributed by atoms with Crippen molar-refractivity contribution in [1.29, 1.82) is 0 Å². The number of hydrogen-bond acceptors (Lipinski definition) is 4. The molecule has 1 amide bonds. The van der Waals surface area contributed by atoms with E-state index in [0.717, 1.165) is 55.4 Å². The molecule has 4 rings (SSSR count). The van der Waals surface area contributed by atoms with Gasteiger partial charge in [0.2, 0.25) is 0 Å². The normalized spacial score (nSPS) is 14.8. The third-order valence-corrected chi connectivity index (χ3v) is 5.40. The number of amides is 1. The molecule has 6 heteroatoms. The van der Waals surface area contributed by atoms with Crippen LogP contribution in [0.4, 0.5) is 0 Å². The summed E-state index contributed by atoms with van der Waals surface area (Å²) < 4.78 is 7.10. The maximum Gasteiger partial charge on any atom is 0.272 e. The highest BCUT2D eigenvalue weighted by Gasteiger charge is 2.25. The minimum Gasteiger partial charge on any atom is -0.497 e. The third-order valence-electron chi connectivity index (χ3n) is 5.40. The van der Waals surface area contributed by atoms with Gasteiger partial charge in [-0.05, 0) is 36.9 Å². The van der Waals surface area contributed by atoms with Crippen molar-refractivity contribution in [2.24, 2.45) is 0 Å². The van der Waals surface area contributed by atoms with Crippen LogP contribution in [0, 0.1) is 0 Å². The SMILES string of the molecule is CCN1CCN(C(=O)c2cc(-c3cccc(OC)c3)nn2-c2ccccc2)CC1. The standard InChI is InChI=1S/C23H26N4O2/c1-3-25-12-14-26(15-13-25)23(28)22-17-21(18-8-7-11-20(16-18)29-2)24-27(22)19-9-5-4-6-10-19/h4-11,16-17H,3,12-15H2,1-2H3. The Bertz CT molecular complexity index is 976. The first-order valence-corrected chi connectivity index (χ1v) is 10.0. The van der Waals surface area contributed by atoms with Crippen molar-refractivity contribution >= 4 is 5.91 Å². The van der Waals surface area contributed by atoms with Crippen LogP contribution in [-0.4, -0.2) is 65.3 Å². The number of para-hydroxylation sites is 1. The number of ether oxygens (including phenoxy) is 1. The molecule has 0 bridgehead atoms. The molecule has 1 aromatic heterocycles. The molecule has 150 valence electrons. The second kappa shape index (κ2) is 8.49. The number of nitrogens with zero attached hydrogens (tertiary/aromatic N) is 4. The Kier molecular flexibility index (Phi) is 5.62. The smallest absolute Gasteiger partial charge is 0.272 e. The van der Waals surface area contributed by atoms with E-state index in [4.69, 9.17) is 9.84 Å². The number of aromatic nitrogens is 2. The molecule has 2 aromatic carbocycles. The van der Waals surface area contributed by atoms with Crippen LogP contribution in [0.3, 0.4) is 0 Å². The van der Waals surface area contributed by atoms with Crippen LogP contribution in [0.2, 0.25) is 0 Å². The zero-order chi connectivity index (χ0) is 20.2. The van der Waals surface area contributed by atoms with Crippen LogP contribution in [0.25, 0.3) is 16.9 Å². The Hall–Kier alpha value is -3.12. The van der Waals surface area contributed by atoms with Crippen LogP contribution in [-0.2, 0) is 0 Å². The van der Waals surface area contributed by atoms with E-state index in [0.29, 0.717) is 5.69 Å². The lowest BCUT2D eigenvalue weighted by Crippen LogP contribution is -2.48. The van der Waals surface area contributed by atoms with Gasteiger partial charge in [-0.1, -0.05) is 37.3 Å². The fraction of sp³-hybridized carbons (Fsp3) is 0.304. The monoisotopic (exact) mass is 390 g/mol. The number of carbonyl (C=O) groups excluding carboxylic acids is 1. The molecule has 0 radical (unpaired) electrons. The molecule has 2 heterocycles. The van der Waals surface area contributed by atoms with Gasteiger partial charge >= 0.3 is 0 Å². The lowest BCUT2D eigenvalue weighted by molar-refractivity contribution is 0.0634. The van der Waals surface area contributed by atoms with Crippen LogP contribution in [0.15, 0.2) is 60.7 Å². The van der Waals surface area contributed by atoms with Crippen molar-refractivity contribution < 1.29 is 9.53 Å². The van der Waals surface area contributed by atoms with Gasteiger partial charge in [0.25, 0.3) is 5.91 Å². The van der Waals surface area contributed by atoms with E-state index >= 15 is 0 Å². The van der Waals surface area contributed by atoms with Gasteiger partial charge < -0.3 is 14.5 Å². The van der Waals surface area contributed by atoms with E-state index in [1.54, 1.807) is 11.8 Å². The molecule has 3 aromatic rings. The van der Waals surface area contributed by atoms with Gasteiger partial charge in [-0.3, -0.25) is 4.79 Å². The van der Waals surface area contributed by atoms with Crippen LogP contribution < -0.4 is 4.74 Å². The molecule has 6 nitrogen and oxygen atoms in total. The number of hydrogen-bond donors (Lipinski definition) is 0. The predicted octanol–water partition coefficient (Wildman–Crippen LogP) is 3.33. The Balaban J connectivity index is 1.71. The lowest BCUT2D eigenvalue weighted by Gasteiger charge is -2.34. The molecule has 29 heavy (non-hydrogen) atoms. The Labute approximate surface area is 171 Å². The Morgan fingerprint density at radius 3 is 2.45 bits per heavy atom. The average molecular weight is 390 g/mol. The van der Waals surface area contributed by atoms with Crippen molar-refractivity contribution in [3.63, 3.8) is 0 Å². The number of piperazine rings is 1. The number of methoxy groups -OCH3 is 1. The molecular formula is C23H26N4O2. The maximum atomic E-state index is 13.4. The van der Waals surface area contributed by atoms with Crippen molar-refractivity contribution in [1.82, 2.24) is 19.6 Å². The first kappa shape index (κ1) is 19.2. The highest BCUT2D eigenvalue weighted by Crippen LogP contribution is 2.26. The maximum absolute atomic E-state index is 13.4. The van der Waals surface area contributed by atoms with Crippen molar-refractivity contribution in [2.75, 3.05) is 39.8 Å². The third kappa shape index (κ3) is 4.03. The van der Waals surface area contributed by atoms with Crippen LogP contribution in [0.1, 0.15) is 17.4 Å². The topological polar surface area (TPSA) is 50.6 Å². The summed E-state index contributed by atoms with van der Waals surface area (Å²) in [5, 5.41) is 4.78. The van der Waals surface area contributed by atoms with Gasteiger partial charge in [0, 0.05) is 31.7 Å². The number of benzene rings is 2. The fourth-order valence-corrected chi connectivity index (χ4v) is 3.65.